The van der Waals surface area contributed by atoms with E-state index in [0.717, 1.165) is 5.75 Å². The Morgan fingerprint density at radius 2 is 2.14 bits per heavy atom. The van der Waals surface area contributed by atoms with Crippen LogP contribution in [-0.4, -0.2) is 26.9 Å². The maximum Gasteiger partial charge on any atom is 0.131 e. The van der Waals surface area contributed by atoms with Crippen LogP contribution in [0.4, 0.5) is 0 Å². The minimum Gasteiger partial charge on any atom is -0.494 e. The quantitative estimate of drug-likeness (QED) is 0.649. The van der Waals surface area contributed by atoms with Crippen molar-refractivity contribution in [1.82, 2.24) is 0 Å². The van der Waals surface area contributed by atoms with Crippen LogP contribution in [0.15, 0.2) is 18.2 Å². The second kappa shape index (κ2) is 6.27. The normalized spacial score (nSPS) is 9.86. The van der Waals surface area contributed by atoms with E-state index >= 15 is 0 Å². The number of benzene rings is 1. The third-order valence-corrected chi connectivity index (χ3v) is 1.60. The lowest BCUT2D eigenvalue weighted by Crippen LogP contribution is -2.04. The van der Waals surface area contributed by atoms with Gasteiger partial charge in [-0.15, -0.1) is 0 Å². The van der Waals surface area contributed by atoms with Crippen LogP contribution in [0, 0.1) is 6.07 Å². The molecule has 14 heavy (non-hydrogen) atoms. The summed E-state index contributed by atoms with van der Waals surface area (Å²) < 4.78 is 15.6. The summed E-state index contributed by atoms with van der Waals surface area (Å²) in [6.45, 7) is 3.71. The van der Waals surface area contributed by atoms with Crippen molar-refractivity contribution in [2.75, 3.05) is 26.9 Å². The lowest BCUT2D eigenvalue weighted by Gasteiger charge is -2.07. The number of rotatable bonds is 6. The molecule has 0 aromatic heterocycles. The van der Waals surface area contributed by atoms with Gasteiger partial charge in [0, 0.05) is 19.2 Å². The molecule has 0 aliphatic rings. The van der Waals surface area contributed by atoms with Crippen molar-refractivity contribution in [3.05, 3.63) is 24.3 Å². The molecule has 0 atom stereocenters. The average Bonchev–Trinajstić information content (AvgIpc) is 2.19. The Kier molecular flexibility index (Phi) is 4.86. The molecule has 0 saturated carbocycles. The number of ether oxygens (including phenoxy) is 3. The Hall–Kier alpha value is -1.22. The van der Waals surface area contributed by atoms with Crippen molar-refractivity contribution in [1.29, 1.82) is 0 Å². The summed E-state index contributed by atoms with van der Waals surface area (Å²) in [6, 6.07) is 8.43. The maximum atomic E-state index is 5.37. The Bertz CT molecular complexity index is 260. The van der Waals surface area contributed by atoms with Crippen LogP contribution < -0.4 is 9.47 Å². The van der Waals surface area contributed by atoms with Crippen molar-refractivity contribution < 1.29 is 14.2 Å². The van der Waals surface area contributed by atoms with Crippen LogP contribution in [0.5, 0.6) is 11.5 Å². The van der Waals surface area contributed by atoms with Crippen LogP contribution in [0.2, 0.25) is 0 Å². The second-order valence-electron chi connectivity index (χ2n) is 2.66. The zero-order valence-electron chi connectivity index (χ0n) is 8.58. The van der Waals surface area contributed by atoms with Crippen LogP contribution in [0.3, 0.4) is 0 Å². The third kappa shape index (κ3) is 3.66. The summed E-state index contributed by atoms with van der Waals surface area (Å²) in [5.74, 6) is 1.49. The molecule has 77 valence electrons. The van der Waals surface area contributed by atoms with Gasteiger partial charge >= 0.3 is 0 Å². The van der Waals surface area contributed by atoms with Crippen LogP contribution in [-0.2, 0) is 4.74 Å². The number of methoxy groups -OCH3 is 1. The molecule has 3 heteroatoms. The van der Waals surface area contributed by atoms with E-state index in [1.807, 2.05) is 19.1 Å². The summed E-state index contributed by atoms with van der Waals surface area (Å²) in [4.78, 5) is 0. The Labute approximate surface area is 84.6 Å². The zero-order valence-corrected chi connectivity index (χ0v) is 8.58. The second-order valence-corrected chi connectivity index (χ2v) is 2.66. The van der Waals surface area contributed by atoms with Gasteiger partial charge in [-0.3, -0.25) is 0 Å². The molecule has 0 saturated heterocycles. The molecular formula is C11H15O3. The van der Waals surface area contributed by atoms with Gasteiger partial charge in [0.2, 0.25) is 0 Å². The standard InChI is InChI=1S/C11H15O3/c1-3-13-10-5-4-6-11(9-10)14-8-7-12-2/h4-5,9H,3,7-8H2,1-2H3. The van der Waals surface area contributed by atoms with Gasteiger partial charge < -0.3 is 14.2 Å². The highest BCUT2D eigenvalue weighted by Gasteiger charge is 1.96. The van der Waals surface area contributed by atoms with Crippen molar-refractivity contribution >= 4 is 0 Å². The van der Waals surface area contributed by atoms with E-state index in [9.17, 15) is 0 Å². The predicted molar refractivity (Wildman–Crippen MR) is 53.8 cm³/mol. The molecule has 0 unspecified atom stereocenters. The zero-order chi connectivity index (χ0) is 10.2. The van der Waals surface area contributed by atoms with Gasteiger partial charge in [-0.1, -0.05) is 0 Å². The first kappa shape index (κ1) is 10.9. The van der Waals surface area contributed by atoms with E-state index in [1.165, 1.54) is 0 Å². The van der Waals surface area contributed by atoms with Crippen molar-refractivity contribution in [2.24, 2.45) is 0 Å². The highest BCUT2D eigenvalue weighted by molar-refractivity contribution is 5.31. The van der Waals surface area contributed by atoms with Gasteiger partial charge in [0.05, 0.1) is 13.2 Å². The lowest BCUT2D eigenvalue weighted by molar-refractivity contribution is 0.146. The smallest absolute Gasteiger partial charge is 0.131 e. The molecule has 0 amide bonds. The SMILES string of the molecule is CCOc1cc[c]c(OCCOC)c1. The van der Waals surface area contributed by atoms with E-state index in [1.54, 1.807) is 13.2 Å². The Morgan fingerprint density at radius 1 is 1.29 bits per heavy atom. The molecule has 0 aliphatic carbocycles. The molecule has 1 radical (unpaired) electrons. The van der Waals surface area contributed by atoms with Crippen LogP contribution in [0.1, 0.15) is 6.92 Å². The van der Waals surface area contributed by atoms with Crippen LogP contribution >= 0.6 is 0 Å². The summed E-state index contributed by atoms with van der Waals surface area (Å²) in [5.41, 5.74) is 0. The van der Waals surface area contributed by atoms with Crippen molar-refractivity contribution in [3.63, 3.8) is 0 Å². The molecule has 1 rings (SSSR count). The lowest BCUT2D eigenvalue weighted by atomic mass is 10.3. The van der Waals surface area contributed by atoms with E-state index in [-0.39, 0.29) is 0 Å². The van der Waals surface area contributed by atoms with E-state index < -0.39 is 0 Å². The summed E-state index contributed by atoms with van der Waals surface area (Å²) >= 11 is 0. The molecule has 3 nitrogen and oxygen atoms in total. The van der Waals surface area contributed by atoms with Crippen LogP contribution in [0.25, 0.3) is 0 Å². The van der Waals surface area contributed by atoms with Crippen molar-refractivity contribution in [2.45, 2.75) is 6.92 Å². The van der Waals surface area contributed by atoms with Gasteiger partial charge in [-0.05, 0) is 19.1 Å². The predicted octanol–water partition coefficient (Wildman–Crippen LogP) is 1.91. The van der Waals surface area contributed by atoms with Gasteiger partial charge in [0.25, 0.3) is 0 Å². The van der Waals surface area contributed by atoms with E-state index in [2.05, 4.69) is 6.07 Å². The molecule has 0 fully saturated rings. The summed E-state index contributed by atoms with van der Waals surface area (Å²) in [7, 11) is 1.64. The molecule has 0 N–H and O–H groups in total. The molecule has 1 aromatic carbocycles. The molecule has 0 heterocycles. The summed E-state index contributed by atoms with van der Waals surface area (Å²) in [6.07, 6.45) is 0. The Balaban J connectivity index is 2.46. The monoisotopic (exact) mass is 195 g/mol. The first-order valence-electron chi connectivity index (χ1n) is 4.63. The van der Waals surface area contributed by atoms with Crippen molar-refractivity contribution in [3.8, 4) is 11.5 Å². The molecule has 1 aromatic rings. The van der Waals surface area contributed by atoms with Gasteiger partial charge in [-0.25, -0.2) is 0 Å². The number of hydrogen-bond donors (Lipinski definition) is 0. The average molecular weight is 195 g/mol. The minimum atomic E-state index is 0.530. The molecular weight excluding hydrogens is 180 g/mol. The highest BCUT2D eigenvalue weighted by Crippen LogP contribution is 2.18. The topological polar surface area (TPSA) is 27.7 Å². The fourth-order valence-corrected chi connectivity index (χ4v) is 1.000. The minimum absolute atomic E-state index is 0.530. The van der Waals surface area contributed by atoms with E-state index in [0.29, 0.717) is 25.6 Å². The Morgan fingerprint density at radius 3 is 2.86 bits per heavy atom. The first-order valence-corrected chi connectivity index (χ1v) is 4.63. The van der Waals surface area contributed by atoms with Gasteiger partial charge in [0.1, 0.15) is 18.1 Å². The van der Waals surface area contributed by atoms with Gasteiger partial charge in [0.15, 0.2) is 0 Å². The fourth-order valence-electron chi connectivity index (χ4n) is 1.000. The molecule has 0 bridgehead atoms. The third-order valence-electron chi connectivity index (χ3n) is 1.60. The highest BCUT2D eigenvalue weighted by atomic mass is 16.5. The largest absolute Gasteiger partial charge is 0.494 e. The molecule has 0 spiro atoms. The summed E-state index contributed by atoms with van der Waals surface area (Å²) in [5, 5.41) is 0. The fraction of sp³-hybridized carbons (Fsp3) is 0.455. The first-order chi connectivity index (χ1) is 6.86. The van der Waals surface area contributed by atoms with E-state index in [4.69, 9.17) is 14.2 Å². The number of hydrogen-bond acceptors (Lipinski definition) is 3. The maximum absolute atomic E-state index is 5.37. The van der Waals surface area contributed by atoms with Gasteiger partial charge in [-0.2, -0.15) is 0 Å². The molecule has 0 aliphatic heterocycles.